The second-order valence-electron chi connectivity index (χ2n) is 5.20. The Morgan fingerprint density at radius 1 is 1.42 bits per heavy atom. The SMILES string of the molecule is Cc1cc(C(N)=O)cc(OCC2CCCC2CN)n1. The van der Waals surface area contributed by atoms with Gasteiger partial charge in [-0.05, 0) is 44.2 Å². The molecule has 4 N–H and O–H groups in total. The molecule has 1 amide bonds. The van der Waals surface area contributed by atoms with Crippen molar-refractivity contribution in [1.82, 2.24) is 4.98 Å². The fraction of sp³-hybridized carbons (Fsp3) is 0.571. The lowest BCUT2D eigenvalue weighted by molar-refractivity contribution is 0.0999. The molecule has 0 spiro atoms. The van der Waals surface area contributed by atoms with Crippen molar-refractivity contribution in [2.75, 3.05) is 13.2 Å². The highest BCUT2D eigenvalue weighted by Crippen LogP contribution is 2.31. The Bertz CT molecular complexity index is 462. The summed E-state index contributed by atoms with van der Waals surface area (Å²) in [4.78, 5) is 15.5. The summed E-state index contributed by atoms with van der Waals surface area (Å²) in [5.41, 5.74) is 12.2. The molecule has 2 rings (SSSR count). The first-order valence-electron chi connectivity index (χ1n) is 6.71. The molecule has 5 heteroatoms. The summed E-state index contributed by atoms with van der Waals surface area (Å²) in [5, 5.41) is 0. The van der Waals surface area contributed by atoms with Gasteiger partial charge in [-0.15, -0.1) is 0 Å². The number of carbonyl (C=O) groups excluding carboxylic acids is 1. The molecule has 2 unspecified atom stereocenters. The molecule has 1 aliphatic rings. The first-order chi connectivity index (χ1) is 9.10. The van der Waals surface area contributed by atoms with Crippen molar-refractivity contribution in [3.05, 3.63) is 23.4 Å². The zero-order valence-corrected chi connectivity index (χ0v) is 11.3. The van der Waals surface area contributed by atoms with E-state index >= 15 is 0 Å². The highest BCUT2D eigenvalue weighted by Gasteiger charge is 2.26. The Morgan fingerprint density at radius 3 is 2.84 bits per heavy atom. The number of pyridine rings is 1. The number of amides is 1. The number of aromatic nitrogens is 1. The number of nitrogens with zero attached hydrogens (tertiary/aromatic N) is 1. The van der Waals surface area contributed by atoms with Gasteiger partial charge in [-0.1, -0.05) is 6.42 Å². The first-order valence-corrected chi connectivity index (χ1v) is 6.71. The minimum atomic E-state index is -0.462. The summed E-state index contributed by atoms with van der Waals surface area (Å²) >= 11 is 0. The molecular formula is C14H21N3O2. The normalized spacial score (nSPS) is 22.4. The smallest absolute Gasteiger partial charge is 0.248 e. The van der Waals surface area contributed by atoms with Gasteiger partial charge in [0.25, 0.3) is 0 Å². The number of primary amides is 1. The molecule has 0 aromatic carbocycles. The van der Waals surface area contributed by atoms with Crippen molar-refractivity contribution in [3.8, 4) is 5.88 Å². The van der Waals surface area contributed by atoms with Crippen LogP contribution in [-0.2, 0) is 0 Å². The molecule has 0 aliphatic heterocycles. The second kappa shape index (κ2) is 6.02. The molecule has 0 bridgehead atoms. The summed E-state index contributed by atoms with van der Waals surface area (Å²) < 4.78 is 5.72. The summed E-state index contributed by atoms with van der Waals surface area (Å²) in [7, 11) is 0. The van der Waals surface area contributed by atoms with Crippen LogP contribution < -0.4 is 16.2 Å². The van der Waals surface area contributed by atoms with Crippen LogP contribution in [0.2, 0.25) is 0 Å². The number of nitrogens with two attached hydrogens (primary N) is 2. The van der Waals surface area contributed by atoms with Crippen LogP contribution in [0, 0.1) is 18.8 Å². The standard InChI is InChI=1S/C14H21N3O2/c1-9-5-12(14(16)18)6-13(17-9)19-8-11-4-2-3-10(11)7-15/h5-6,10-11H,2-4,7-8,15H2,1H3,(H2,16,18). The quantitative estimate of drug-likeness (QED) is 0.836. The van der Waals surface area contributed by atoms with Crippen molar-refractivity contribution in [2.45, 2.75) is 26.2 Å². The van der Waals surface area contributed by atoms with E-state index in [0.717, 1.165) is 12.1 Å². The maximum Gasteiger partial charge on any atom is 0.248 e. The maximum atomic E-state index is 11.2. The van der Waals surface area contributed by atoms with E-state index in [4.69, 9.17) is 16.2 Å². The molecule has 1 aliphatic carbocycles. The topological polar surface area (TPSA) is 91.2 Å². The third-order valence-corrected chi connectivity index (χ3v) is 3.78. The lowest BCUT2D eigenvalue weighted by atomic mass is 9.97. The van der Waals surface area contributed by atoms with Gasteiger partial charge >= 0.3 is 0 Å². The summed E-state index contributed by atoms with van der Waals surface area (Å²) in [6.45, 7) is 3.13. The van der Waals surface area contributed by atoms with Gasteiger partial charge < -0.3 is 16.2 Å². The Balaban J connectivity index is 2.01. The number of aryl methyl sites for hydroxylation is 1. The Morgan fingerprint density at radius 2 is 2.16 bits per heavy atom. The van der Waals surface area contributed by atoms with E-state index in [2.05, 4.69) is 4.98 Å². The van der Waals surface area contributed by atoms with Gasteiger partial charge in [-0.25, -0.2) is 4.98 Å². The molecular weight excluding hydrogens is 242 g/mol. The molecule has 1 saturated carbocycles. The molecule has 0 saturated heterocycles. The predicted octanol–water partition coefficient (Wildman–Crippen LogP) is 1.24. The molecule has 5 nitrogen and oxygen atoms in total. The molecule has 19 heavy (non-hydrogen) atoms. The van der Waals surface area contributed by atoms with Crippen molar-refractivity contribution >= 4 is 5.91 Å². The second-order valence-corrected chi connectivity index (χ2v) is 5.20. The lowest BCUT2D eigenvalue weighted by Crippen LogP contribution is -2.23. The predicted molar refractivity (Wildman–Crippen MR) is 72.9 cm³/mol. The van der Waals surface area contributed by atoms with Crippen LogP contribution in [0.4, 0.5) is 0 Å². The summed E-state index contributed by atoms with van der Waals surface area (Å²) in [6.07, 6.45) is 3.54. The van der Waals surface area contributed by atoms with E-state index in [-0.39, 0.29) is 0 Å². The van der Waals surface area contributed by atoms with Crippen LogP contribution in [0.15, 0.2) is 12.1 Å². The van der Waals surface area contributed by atoms with Crippen LogP contribution in [0.5, 0.6) is 5.88 Å². The van der Waals surface area contributed by atoms with Crippen LogP contribution in [-0.4, -0.2) is 24.0 Å². The lowest BCUT2D eigenvalue weighted by Gasteiger charge is -2.18. The van der Waals surface area contributed by atoms with Crippen molar-refractivity contribution in [3.63, 3.8) is 0 Å². The fourth-order valence-electron chi connectivity index (χ4n) is 2.69. The van der Waals surface area contributed by atoms with E-state index in [1.165, 1.54) is 12.8 Å². The monoisotopic (exact) mass is 263 g/mol. The van der Waals surface area contributed by atoms with Crippen molar-refractivity contribution in [1.29, 1.82) is 0 Å². The number of hydrogen-bond acceptors (Lipinski definition) is 4. The molecule has 1 aromatic heterocycles. The Kier molecular flexibility index (Phi) is 4.37. The first kappa shape index (κ1) is 13.8. The van der Waals surface area contributed by atoms with Gasteiger partial charge in [0, 0.05) is 17.3 Å². The van der Waals surface area contributed by atoms with Gasteiger partial charge in [-0.3, -0.25) is 4.79 Å². The Labute approximate surface area is 113 Å². The molecule has 0 radical (unpaired) electrons. The van der Waals surface area contributed by atoms with E-state index in [0.29, 0.717) is 36.4 Å². The molecule has 1 heterocycles. The van der Waals surface area contributed by atoms with Gasteiger partial charge in [0.1, 0.15) is 0 Å². The summed E-state index contributed by atoms with van der Waals surface area (Å²) in [6, 6.07) is 3.26. The zero-order valence-electron chi connectivity index (χ0n) is 11.3. The van der Waals surface area contributed by atoms with E-state index in [1.807, 2.05) is 6.92 Å². The molecule has 1 fully saturated rings. The van der Waals surface area contributed by atoms with E-state index in [1.54, 1.807) is 12.1 Å². The molecule has 1 aromatic rings. The molecule has 2 atom stereocenters. The van der Waals surface area contributed by atoms with Gasteiger partial charge in [0.05, 0.1) is 6.61 Å². The Hall–Kier alpha value is -1.62. The number of hydrogen-bond donors (Lipinski definition) is 2. The van der Waals surface area contributed by atoms with E-state index in [9.17, 15) is 4.79 Å². The number of rotatable bonds is 5. The van der Waals surface area contributed by atoms with Gasteiger partial charge in [0.15, 0.2) is 0 Å². The van der Waals surface area contributed by atoms with Crippen LogP contribution in [0.25, 0.3) is 0 Å². The van der Waals surface area contributed by atoms with Gasteiger partial charge in [-0.2, -0.15) is 0 Å². The third kappa shape index (κ3) is 3.44. The third-order valence-electron chi connectivity index (χ3n) is 3.78. The number of ether oxygens (including phenoxy) is 1. The summed E-state index contributed by atoms with van der Waals surface area (Å²) in [5.74, 6) is 1.04. The fourth-order valence-corrected chi connectivity index (χ4v) is 2.69. The highest BCUT2D eigenvalue weighted by molar-refractivity contribution is 5.93. The highest BCUT2D eigenvalue weighted by atomic mass is 16.5. The van der Waals surface area contributed by atoms with Crippen molar-refractivity contribution < 1.29 is 9.53 Å². The molecule has 104 valence electrons. The average molecular weight is 263 g/mol. The van der Waals surface area contributed by atoms with Crippen LogP contribution >= 0.6 is 0 Å². The van der Waals surface area contributed by atoms with Crippen molar-refractivity contribution in [2.24, 2.45) is 23.3 Å². The average Bonchev–Trinajstić information content (AvgIpc) is 2.83. The van der Waals surface area contributed by atoms with Gasteiger partial charge in [0.2, 0.25) is 11.8 Å². The largest absolute Gasteiger partial charge is 0.477 e. The van der Waals surface area contributed by atoms with Crippen LogP contribution in [0.1, 0.15) is 35.3 Å². The maximum absolute atomic E-state index is 11.2. The van der Waals surface area contributed by atoms with Crippen LogP contribution in [0.3, 0.4) is 0 Å². The van der Waals surface area contributed by atoms with E-state index < -0.39 is 5.91 Å². The zero-order chi connectivity index (χ0) is 13.8. The number of carbonyl (C=O) groups is 1. The minimum absolute atomic E-state index is 0.435. The minimum Gasteiger partial charge on any atom is -0.477 e.